The first-order valence-electron chi connectivity index (χ1n) is 5.11. The molecule has 0 saturated heterocycles. The fourth-order valence-electron chi connectivity index (χ4n) is 1.24. The molecule has 0 aliphatic heterocycles. The van der Waals surface area contributed by atoms with Crippen LogP contribution in [-0.2, 0) is 0 Å². The fraction of sp³-hybridized carbons (Fsp3) is 0.333. The van der Waals surface area contributed by atoms with Crippen molar-refractivity contribution >= 4 is 21.8 Å². The molecule has 1 aromatic rings. The minimum atomic E-state index is -0.585. The zero-order chi connectivity index (χ0) is 13.0. The van der Waals surface area contributed by atoms with Crippen molar-refractivity contribution in [2.24, 2.45) is 5.92 Å². The van der Waals surface area contributed by atoms with Crippen LogP contribution in [0, 0.1) is 23.1 Å². The summed E-state index contributed by atoms with van der Waals surface area (Å²) < 4.78 is 13.5. The van der Waals surface area contributed by atoms with Gasteiger partial charge in [-0.2, -0.15) is 5.26 Å². The van der Waals surface area contributed by atoms with E-state index in [4.69, 9.17) is 5.26 Å². The summed E-state index contributed by atoms with van der Waals surface area (Å²) >= 11 is 3.17. The third-order valence-corrected chi connectivity index (χ3v) is 2.96. The quantitative estimate of drug-likeness (QED) is 0.933. The SMILES string of the molecule is CC(C)C(C#N)NC(=O)c1cc(F)ccc1Br. The normalized spacial score (nSPS) is 12.0. The van der Waals surface area contributed by atoms with E-state index in [1.165, 1.54) is 12.1 Å². The molecular formula is C12H12BrFN2O. The van der Waals surface area contributed by atoms with Gasteiger partial charge in [-0.3, -0.25) is 4.79 Å². The predicted octanol–water partition coefficient (Wildman–Crippen LogP) is 2.87. The topological polar surface area (TPSA) is 52.9 Å². The highest BCUT2D eigenvalue weighted by molar-refractivity contribution is 9.10. The third kappa shape index (κ3) is 3.53. The molecule has 3 nitrogen and oxygen atoms in total. The molecule has 0 bridgehead atoms. The van der Waals surface area contributed by atoms with Gasteiger partial charge in [-0.05, 0) is 40.0 Å². The number of amides is 1. The molecule has 1 amide bonds. The smallest absolute Gasteiger partial charge is 0.253 e. The van der Waals surface area contributed by atoms with Crippen molar-refractivity contribution in [1.29, 1.82) is 5.26 Å². The Morgan fingerprint density at radius 3 is 2.71 bits per heavy atom. The van der Waals surface area contributed by atoms with Gasteiger partial charge in [0.15, 0.2) is 0 Å². The molecule has 1 unspecified atom stereocenters. The van der Waals surface area contributed by atoms with Crippen molar-refractivity contribution in [3.05, 3.63) is 34.1 Å². The summed E-state index contributed by atoms with van der Waals surface area (Å²) in [6, 6.07) is 5.26. The minimum absolute atomic E-state index is 0.00344. The van der Waals surface area contributed by atoms with Crippen molar-refractivity contribution in [1.82, 2.24) is 5.32 Å². The van der Waals surface area contributed by atoms with E-state index in [1.807, 2.05) is 19.9 Å². The van der Waals surface area contributed by atoms with Gasteiger partial charge in [0.2, 0.25) is 0 Å². The first-order chi connectivity index (χ1) is 7.95. The second kappa shape index (κ2) is 5.78. The summed E-state index contributed by atoms with van der Waals surface area (Å²) in [6.07, 6.45) is 0. The number of carbonyl (C=O) groups is 1. The van der Waals surface area contributed by atoms with Crippen LogP contribution in [0.3, 0.4) is 0 Å². The molecule has 1 rings (SSSR count). The Balaban J connectivity index is 2.90. The molecule has 90 valence electrons. The molecule has 1 N–H and O–H groups in total. The number of carbonyl (C=O) groups excluding carboxylic acids is 1. The van der Waals surface area contributed by atoms with E-state index in [2.05, 4.69) is 21.2 Å². The molecule has 0 fully saturated rings. The van der Waals surface area contributed by atoms with E-state index >= 15 is 0 Å². The van der Waals surface area contributed by atoms with E-state index in [9.17, 15) is 9.18 Å². The van der Waals surface area contributed by atoms with Crippen LogP contribution in [0.15, 0.2) is 22.7 Å². The Morgan fingerprint density at radius 2 is 2.18 bits per heavy atom. The second-order valence-corrected chi connectivity index (χ2v) is 4.80. The molecular weight excluding hydrogens is 287 g/mol. The average Bonchev–Trinajstić information content (AvgIpc) is 2.28. The van der Waals surface area contributed by atoms with Crippen molar-refractivity contribution in [3.8, 4) is 6.07 Å². The third-order valence-electron chi connectivity index (χ3n) is 2.27. The number of rotatable bonds is 3. The maximum atomic E-state index is 13.0. The number of halogens is 2. The van der Waals surface area contributed by atoms with E-state index < -0.39 is 17.8 Å². The maximum absolute atomic E-state index is 13.0. The molecule has 1 atom stereocenters. The molecule has 0 radical (unpaired) electrons. The number of nitrogens with zero attached hydrogens (tertiary/aromatic N) is 1. The number of nitrogens with one attached hydrogen (secondary N) is 1. The fourth-order valence-corrected chi connectivity index (χ4v) is 1.67. The molecule has 0 aromatic heterocycles. The van der Waals surface area contributed by atoms with Crippen molar-refractivity contribution in [2.75, 3.05) is 0 Å². The summed E-state index contributed by atoms with van der Waals surface area (Å²) in [5, 5.41) is 11.4. The number of benzene rings is 1. The summed E-state index contributed by atoms with van der Waals surface area (Å²) in [4.78, 5) is 11.8. The zero-order valence-corrected chi connectivity index (χ0v) is 11.1. The summed E-state index contributed by atoms with van der Waals surface area (Å²) in [6.45, 7) is 3.66. The van der Waals surface area contributed by atoms with Crippen LogP contribution in [-0.4, -0.2) is 11.9 Å². The lowest BCUT2D eigenvalue weighted by Gasteiger charge is -2.15. The van der Waals surface area contributed by atoms with Gasteiger partial charge in [-0.25, -0.2) is 4.39 Å². The van der Waals surface area contributed by atoms with Gasteiger partial charge < -0.3 is 5.32 Å². The standard InChI is InChI=1S/C12H12BrFN2O/c1-7(2)11(6-15)16-12(17)9-5-8(14)3-4-10(9)13/h3-5,7,11H,1-2H3,(H,16,17). The Bertz CT molecular complexity index is 468. The predicted molar refractivity (Wildman–Crippen MR) is 65.8 cm³/mol. The molecule has 1 aromatic carbocycles. The summed E-state index contributed by atoms with van der Waals surface area (Å²) in [5.41, 5.74) is 0.186. The van der Waals surface area contributed by atoms with E-state index in [1.54, 1.807) is 0 Å². The Morgan fingerprint density at radius 1 is 1.53 bits per heavy atom. The van der Waals surface area contributed by atoms with Gasteiger partial charge in [-0.1, -0.05) is 13.8 Å². The van der Waals surface area contributed by atoms with Gasteiger partial charge in [0.25, 0.3) is 5.91 Å². The monoisotopic (exact) mass is 298 g/mol. The van der Waals surface area contributed by atoms with Gasteiger partial charge in [-0.15, -0.1) is 0 Å². The Kier molecular flexibility index (Phi) is 4.64. The van der Waals surface area contributed by atoms with Crippen LogP contribution in [0.25, 0.3) is 0 Å². The van der Waals surface area contributed by atoms with Gasteiger partial charge in [0.1, 0.15) is 11.9 Å². The van der Waals surface area contributed by atoms with Gasteiger partial charge >= 0.3 is 0 Å². The number of nitriles is 1. The molecule has 0 heterocycles. The van der Waals surface area contributed by atoms with E-state index in [-0.39, 0.29) is 11.5 Å². The number of hydrogen-bond acceptors (Lipinski definition) is 2. The average molecular weight is 299 g/mol. The maximum Gasteiger partial charge on any atom is 0.253 e. The Hall–Kier alpha value is -1.41. The zero-order valence-electron chi connectivity index (χ0n) is 9.50. The lowest BCUT2D eigenvalue weighted by molar-refractivity contribution is 0.0936. The first kappa shape index (κ1) is 13.7. The summed E-state index contributed by atoms with van der Waals surface area (Å²) in [7, 11) is 0. The van der Waals surface area contributed by atoms with Crippen LogP contribution in [0.5, 0.6) is 0 Å². The second-order valence-electron chi connectivity index (χ2n) is 3.95. The molecule has 0 aliphatic rings. The lowest BCUT2D eigenvalue weighted by Crippen LogP contribution is -2.37. The van der Waals surface area contributed by atoms with Gasteiger partial charge in [0.05, 0.1) is 11.6 Å². The number of hydrogen-bond donors (Lipinski definition) is 1. The van der Waals surface area contributed by atoms with Crippen LogP contribution in [0.4, 0.5) is 4.39 Å². The van der Waals surface area contributed by atoms with Crippen molar-refractivity contribution < 1.29 is 9.18 Å². The molecule has 5 heteroatoms. The van der Waals surface area contributed by atoms with E-state index in [0.29, 0.717) is 4.47 Å². The van der Waals surface area contributed by atoms with E-state index in [0.717, 1.165) is 6.07 Å². The van der Waals surface area contributed by atoms with Crippen LogP contribution < -0.4 is 5.32 Å². The first-order valence-corrected chi connectivity index (χ1v) is 5.90. The molecule has 0 saturated carbocycles. The molecule has 0 spiro atoms. The van der Waals surface area contributed by atoms with Crippen LogP contribution in [0.2, 0.25) is 0 Å². The van der Waals surface area contributed by atoms with Crippen molar-refractivity contribution in [3.63, 3.8) is 0 Å². The summed E-state index contributed by atoms with van der Waals surface area (Å²) in [5.74, 6) is -0.954. The van der Waals surface area contributed by atoms with Crippen molar-refractivity contribution in [2.45, 2.75) is 19.9 Å². The molecule has 17 heavy (non-hydrogen) atoms. The lowest BCUT2D eigenvalue weighted by atomic mass is 10.1. The highest BCUT2D eigenvalue weighted by atomic mass is 79.9. The van der Waals surface area contributed by atoms with Crippen LogP contribution >= 0.6 is 15.9 Å². The van der Waals surface area contributed by atoms with Crippen LogP contribution in [0.1, 0.15) is 24.2 Å². The highest BCUT2D eigenvalue weighted by Crippen LogP contribution is 2.18. The highest BCUT2D eigenvalue weighted by Gasteiger charge is 2.18. The van der Waals surface area contributed by atoms with Gasteiger partial charge in [0, 0.05) is 4.47 Å². The minimum Gasteiger partial charge on any atom is -0.336 e. The molecule has 0 aliphatic carbocycles. The Labute approximate surface area is 108 Å². The largest absolute Gasteiger partial charge is 0.336 e.